The van der Waals surface area contributed by atoms with Gasteiger partial charge < -0.3 is 10.5 Å². The summed E-state index contributed by atoms with van der Waals surface area (Å²) in [6.07, 6.45) is 7.02. The fourth-order valence-corrected chi connectivity index (χ4v) is 3.87. The van der Waals surface area contributed by atoms with Gasteiger partial charge in [0.1, 0.15) is 0 Å². The minimum absolute atomic E-state index is 0.194. The van der Waals surface area contributed by atoms with Crippen LogP contribution in [0.4, 0.5) is 0 Å². The molecule has 0 radical (unpaired) electrons. The Kier molecular flexibility index (Phi) is 3.63. The van der Waals surface area contributed by atoms with E-state index in [9.17, 15) is 0 Å². The average molecular weight is 277 g/mol. The highest BCUT2D eigenvalue weighted by Gasteiger charge is 2.43. The Hall–Kier alpha value is -0.870. The van der Waals surface area contributed by atoms with Gasteiger partial charge in [-0.25, -0.2) is 0 Å². The molecule has 4 nitrogen and oxygen atoms in total. The van der Waals surface area contributed by atoms with Gasteiger partial charge in [-0.3, -0.25) is 4.68 Å². The van der Waals surface area contributed by atoms with Gasteiger partial charge in [-0.15, -0.1) is 0 Å². The van der Waals surface area contributed by atoms with E-state index >= 15 is 0 Å². The first-order chi connectivity index (χ1) is 9.51. The summed E-state index contributed by atoms with van der Waals surface area (Å²) in [5, 5.41) is 4.50. The van der Waals surface area contributed by atoms with E-state index in [1.54, 1.807) is 0 Å². The fraction of sp³-hybridized carbons (Fsp3) is 0.812. The van der Waals surface area contributed by atoms with Crippen LogP contribution in [-0.4, -0.2) is 28.0 Å². The molecule has 3 rings (SSSR count). The molecule has 1 saturated carbocycles. The topological polar surface area (TPSA) is 53.1 Å². The van der Waals surface area contributed by atoms with Gasteiger partial charge in [-0.05, 0) is 63.9 Å². The third-order valence-electron chi connectivity index (χ3n) is 5.50. The summed E-state index contributed by atoms with van der Waals surface area (Å²) in [4.78, 5) is 0. The predicted molar refractivity (Wildman–Crippen MR) is 79.6 cm³/mol. The quantitative estimate of drug-likeness (QED) is 0.922. The lowest BCUT2D eigenvalue weighted by molar-refractivity contribution is -0.145. The molecule has 1 aromatic heterocycles. The number of nitrogens with two attached hydrogens (primary N) is 1. The van der Waals surface area contributed by atoms with Crippen LogP contribution < -0.4 is 5.73 Å². The minimum atomic E-state index is 0.194. The second kappa shape index (κ2) is 5.15. The molecule has 0 amide bonds. The summed E-state index contributed by atoms with van der Waals surface area (Å²) >= 11 is 0. The van der Waals surface area contributed by atoms with Crippen LogP contribution in [0, 0.1) is 19.8 Å². The Bertz CT molecular complexity index is 490. The fourth-order valence-electron chi connectivity index (χ4n) is 3.87. The highest BCUT2D eigenvalue weighted by Crippen LogP contribution is 2.45. The molecule has 1 aliphatic carbocycles. The zero-order chi connectivity index (χ0) is 14.3. The first-order valence-corrected chi connectivity index (χ1v) is 7.89. The summed E-state index contributed by atoms with van der Waals surface area (Å²) in [6, 6.07) is 0.234. The zero-order valence-corrected chi connectivity index (χ0v) is 13.0. The van der Waals surface area contributed by atoms with Gasteiger partial charge in [0.15, 0.2) is 0 Å². The summed E-state index contributed by atoms with van der Waals surface area (Å²) in [7, 11) is 2.01. The Balaban J connectivity index is 1.68. The van der Waals surface area contributed by atoms with Gasteiger partial charge >= 0.3 is 0 Å². The van der Waals surface area contributed by atoms with E-state index in [1.807, 2.05) is 11.7 Å². The maximum Gasteiger partial charge on any atom is 0.0685 e. The summed E-state index contributed by atoms with van der Waals surface area (Å²) in [5.41, 5.74) is 10.5. The van der Waals surface area contributed by atoms with Crippen molar-refractivity contribution in [1.82, 2.24) is 9.78 Å². The molecule has 2 heterocycles. The predicted octanol–water partition coefficient (Wildman–Crippen LogP) is 2.26. The molecule has 1 aliphatic heterocycles. The molecule has 1 spiro atoms. The zero-order valence-electron chi connectivity index (χ0n) is 13.0. The van der Waals surface area contributed by atoms with Crippen molar-refractivity contribution in [2.24, 2.45) is 18.7 Å². The van der Waals surface area contributed by atoms with Crippen molar-refractivity contribution in [2.75, 3.05) is 6.61 Å². The van der Waals surface area contributed by atoms with Crippen LogP contribution in [-0.2, 0) is 18.2 Å². The summed E-state index contributed by atoms with van der Waals surface area (Å²) in [5.74, 6) is 0.600. The molecule has 1 saturated heterocycles. The maximum atomic E-state index is 6.53. The van der Waals surface area contributed by atoms with Crippen molar-refractivity contribution < 1.29 is 4.74 Å². The van der Waals surface area contributed by atoms with E-state index in [0.717, 1.165) is 31.6 Å². The van der Waals surface area contributed by atoms with Crippen molar-refractivity contribution in [3.8, 4) is 0 Å². The van der Waals surface area contributed by atoms with Crippen molar-refractivity contribution in [2.45, 2.75) is 64.0 Å². The van der Waals surface area contributed by atoms with E-state index in [0.29, 0.717) is 5.92 Å². The number of rotatable bonds is 3. The number of aromatic nitrogens is 2. The van der Waals surface area contributed by atoms with Crippen LogP contribution in [0.5, 0.6) is 0 Å². The van der Waals surface area contributed by atoms with E-state index in [-0.39, 0.29) is 11.6 Å². The first-order valence-electron chi connectivity index (χ1n) is 7.89. The molecule has 4 heteroatoms. The van der Waals surface area contributed by atoms with E-state index in [4.69, 9.17) is 10.5 Å². The number of hydrogen-bond donors (Lipinski definition) is 1. The normalized spacial score (nSPS) is 26.5. The van der Waals surface area contributed by atoms with Gasteiger partial charge in [0.2, 0.25) is 0 Å². The van der Waals surface area contributed by atoms with Crippen molar-refractivity contribution in [3.63, 3.8) is 0 Å². The lowest BCUT2D eigenvalue weighted by Crippen LogP contribution is -2.49. The number of ether oxygens (including phenoxy) is 1. The third kappa shape index (κ3) is 2.40. The maximum absolute atomic E-state index is 6.53. The molecule has 2 unspecified atom stereocenters. The smallest absolute Gasteiger partial charge is 0.0685 e. The Morgan fingerprint density at radius 2 is 2.20 bits per heavy atom. The lowest BCUT2D eigenvalue weighted by atomic mass is 9.70. The standard InChI is InChI=1S/C16H27N3O/c1-11-14(12(2)19(3)18-11)9-15(17)13-5-8-20-16(10-13)6-4-7-16/h13,15H,4-10,17H2,1-3H3. The van der Waals surface area contributed by atoms with E-state index < -0.39 is 0 Å². The van der Waals surface area contributed by atoms with Crippen LogP contribution in [0.25, 0.3) is 0 Å². The van der Waals surface area contributed by atoms with E-state index in [2.05, 4.69) is 18.9 Å². The van der Waals surface area contributed by atoms with Crippen LogP contribution in [0.1, 0.15) is 49.1 Å². The molecule has 2 N–H and O–H groups in total. The Morgan fingerprint density at radius 3 is 2.75 bits per heavy atom. The average Bonchev–Trinajstić information content (AvgIpc) is 2.64. The highest BCUT2D eigenvalue weighted by atomic mass is 16.5. The largest absolute Gasteiger partial charge is 0.375 e. The second-order valence-electron chi connectivity index (χ2n) is 6.78. The number of hydrogen-bond acceptors (Lipinski definition) is 3. The summed E-state index contributed by atoms with van der Waals surface area (Å²) < 4.78 is 7.98. The molecular weight excluding hydrogens is 250 g/mol. The first kappa shape index (κ1) is 14.1. The van der Waals surface area contributed by atoms with Gasteiger partial charge in [0, 0.05) is 25.4 Å². The van der Waals surface area contributed by atoms with Gasteiger partial charge in [0.25, 0.3) is 0 Å². The molecule has 0 aromatic carbocycles. The molecule has 2 atom stereocenters. The van der Waals surface area contributed by atoms with Gasteiger partial charge in [0.05, 0.1) is 11.3 Å². The van der Waals surface area contributed by atoms with Gasteiger partial charge in [-0.2, -0.15) is 5.10 Å². The molecule has 20 heavy (non-hydrogen) atoms. The Labute approximate surface area is 121 Å². The molecule has 1 aromatic rings. The Morgan fingerprint density at radius 1 is 1.45 bits per heavy atom. The van der Waals surface area contributed by atoms with Gasteiger partial charge in [-0.1, -0.05) is 0 Å². The number of nitrogens with zero attached hydrogens (tertiary/aromatic N) is 2. The van der Waals surface area contributed by atoms with Crippen LogP contribution in [0.2, 0.25) is 0 Å². The molecule has 0 bridgehead atoms. The summed E-state index contributed by atoms with van der Waals surface area (Å²) in [6.45, 7) is 5.12. The SMILES string of the molecule is Cc1nn(C)c(C)c1CC(N)C1CCOC2(CCC2)C1. The molecular formula is C16H27N3O. The molecule has 2 fully saturated rings. The number of aryl methyl sites for hydroxylation is 2. The molecule has 112 valence electrons. The highest BCUT2D eigenvalue weighted by molar-refractivity contribution is 5.25. The second-order valence-corrected chi connectivity index (χ2v) is 6.78. The third-order valence-corrected chi connectivity index (χ3v) is 5.50. The van der Waals surface area contributed by atoms with Crippen LogP contribution in [0.15, 0.2) is 0 Å². The monoisotopic (exact) mass is 277 g/mol. The van der Waals surface area contributed by atoms with Crippen molar-refractivity contribution >= 4 is 0 Å². The molecule has 2 aliphatic rings. The van der Waals surface area contributed by atoms with Crippen molar-refractivity contribution in [3.05, 3.63) is 17.0 Å². The lowest BCUT2D eigenvalue weighted by Gasteiger charge is -2.48. The minimum Gasteiger partial charge on any atom is -0.375 e. The van der Waals surface area contributed by atoms with Crippen LogP contribution >= 0.6 is 0 Å². The van der Waals surface area contributed by atoms with Crippen molar-refractivity contribution in [1.29, 1.82) is 0 Å². The van der Waals surface area contributed by atoms with Crippen LogP contribution in [0.3, 0.4) is 0 Å². The van der Waals surface area contributed by atoms with E-state index in [1.165, 1.54) is 30.5 Å².